The van der Waals surface area contributed by atoms with Crippen molar-refractivity contribution < 1.29 is 26.8 Å². The summed E-state index contributed by atoms with van der Waals surface area (Å²) in [5, 5.41) is 3.88. The van der Waals surface area contributed by atoms with Gasteiger partial charge in [-0.15, -0.1) is 0 Å². The third-order valence-corrected chi connectivity index (χ3v) is 5.88. The molecule has 3 aromatic rings. The van der Waals surface area contributed by atoms with Gasteiger partial charge in [0.15, 0.2) is 11.6 Å². The van der Waals surface area contributed by atoms with E-state index in [0.717, 1.165) is 16.1 Å². The maximum absolute atomic E-state index is 13.9. The molecule has 0 saturated heterocycles. The predicted molar refractivity (Wildman–Crippen MR) is 103 cm³/mol. The molecule has 1 aromatic heterocycles. The van der Waals surface area contributed by atoms with Gasteiger partial charge in [-0.25, -0.2) is 12.8 Å². The van der Waals surface area contributed by atoms with Crippen LogP contribution in [0.2, 0.25) is 0 Å². The van der Waals surface area contributed by atoms with Crippen LogP contribution in [0.3, 0.4) is 0 Å². The van der Waals surface area contributed by atoms with Gasteiger partial charge in [0.05, 0.1) is 25.2 Å². The van der Waals surface area contributed by atoms with Crippen molar-refractivity contribution >= 4 is 10.0 Å². The van der Waals surface area contributed by atoms with Crippen molar-refractivity contribution in [2.24, 2.45) is 0 Å². The van der Waals surface area contributed by atoms with Crippen LogP contribution in [-0.4, -0.2) is 43.6 Å². The van der Waals surface area contributed by atoms with Crippen LogP contribution in [0.25, 0.3) is 11.4 Å². The van der Waals surface area contributed by atoms with Crippen LogP contribution in [0.1, 0.15) is 12.8 Å². The van der Waals surface area contributed by atoms with Crippen molar-refractivity contribution in [1.82, 2.24) is 14.4 Å². The molecule has 154 valence electrons. The first-order chi connectivity index (χ1) is 13.8. The summed E-state index contributed by atoms with van der Waals surface area (Å²) < 4.78 is 55.6. The highest BCUT2D eigenvalue weighted by atomic mass is 32.2. The second kappa shape index (κ2) is 8.58. The van der Waals surface area contributed by atoms with Crippen LogP contribution in [0.15, 0.2) is 51.9 Å². The largest absolute Gasteiger partial charge is 0.494 e. The lowest BCUT2D eigenvalue weighted by Gasteiger charge is -2.15. The minimum Gasteiger partial charge on any atom is -0.494 e. The standard InChI is InChI=1S/C19H20FN3O5S/c1-4-27-14-7-5-13(6-8-14)19-21-18(28-22-19)12-23(2)29(24,25)15-9-10-17(26-3)16(20)11-15/h5-11H,4,12H2,1-3H3. The van der Waals surface area contributed by atoms with E-state index in [1.165, 1.54) is 26.3 Å². The average molecular weight is 421 g/mol. The van der Waals surface area contributed by atoms with Crippen LogP contribution in [0, 0.1) is 5.82 Å². The second-order valence-electron chi connectivity index (χ2n) is 6.03. The number of hydrogen-bond acceptors (Lipinski definition) is 7. The number of hydrogen-bond donors (Lipinski definition) is 0. The van der Waals surface area contributed by atoms with Crippen molar-refractivity contribution in [2.75, 3.05) is 20.8 Å². The number of nitrogens with zero attached hydrogens (tertiary/aromatic N) is 3. The molecule has 0 bridgehead atoms. The van der Waals surface area contributed by atoms with E-state index in [1.807, 2.05) is 6.92 Å². The quantitative estimate of drug-likeness (QED) is 0.551. The van der Waals surface area contributed by atoms with Gasteiger partial charge < -0.3 is 14.0 Å². The van der Waals surface area contributed by atoms with E-state index < -0.39 is 15.8 Å². The lowest BCUT2D eigenvalue weighted by molar-refractivity contribution is 0.336. The Morgan fingerprint density at radius 1 is 1.17 bits per heavy atom. The zero-order valence-electron chi connectivity index (χ0n) is 16.1. The monoisotopic (exact) mass is 421 g/mol. The van der Waals surface area contributed by atoms with Gasteiger partial charge in [-0.2, -0.15) is 9.29 Å². The summed E-state index contributed by atoms with van der Waals surface area (Å²) in [6.07, 6.45) is 0. The molecule has 3 rings (SSSR count). The molecule has 0 fully saturated rings. The number of rotatable bonds is 8. The maximum atomic E-state index is 13.9. The van der Waals surface area contributed by atoms with Crippen LogP contribution in [-0.2, 0) is 16.6 Å². The molecule has 2 aromatic carbocycles. The molecule has 0 amide bonds. The SMILES string of the molecule is CCOc1ccc(-c2noc(CN(C)S(=O)(=O)c3ccc(OC)c(F)c3)n2)cc1. The fraction of sp³-hybridized carbons (Fsp3) is 0.263. The number of benzene rings is 2. The average Bonchev–Trinajstić information content (AvgIpc) is 3.17. The van der Waals surface area contributed by atoms with Crippen LogP contribution in [0.5, 0.6) is 11.5 Å². The lowest BCUT2D eigenvalue weighted by Crippen LogP contribution is -2.26. The number of ether oxygens (including phenoxy) is 2. The zero-order chi connectivity index (χ0) is 21.0. The Bertz CT molecular complexity index is 1080. The molecule has 0 spiro atoms. The van der Waals surface area contributed by atoms with Crippen molar-refractivity contribution in [1.29, 1.82) is 0 Å². The molecule has 29 heavy (non-hydrogen) atoms. The highest BCUT2D eigenvalue weighted by Crippen LogP contribution is 2.24. The normalized spacial score (nSPS) is 11.6. The van der Waals surface area contributed by atoms with Gasteiger partial charge in [-0.05, 0) is 49.4 Å². The maximum Gasteiger partial charge on any atom is 0.243 e. The summed E-state index contributed by atoms with van der Waals surface area (Å²) in [4.78, 5) is 4.03. The van der Waals surface area contributed by atoms with Gasteiger partial charge in [-0.1, -0.05) is 5.16 Å². The van der Waals surface area contributed by atoms with E-state index in [9.17, 15) is 12.8 Å². The summed E-state index contributed by atoms with van der Waals surface area (Å²) in [5.74, 6) is 0.344. The molecule has 0 unspecified atom stereocenters. The fourth-order valence-corrected chi connectivity index (χ4v) is 3.70. The summed E-state index contributed by atoms with van der Waals surface area (Å²) >= 11 is 0. The molecule has 0 radical (unpaired) electrons. The molecule has 0 aliphatic carbocycles. The molecule has 0 aliphatic rings. The number of halogens is 1. The minimum atomic E-state index is -3.96. The van der Waals surface area contributed by atoms with Crippen molar-refractivity contribution in [3.63, 3.8) is 0 Å². The highest BCUT2D eigenvalue weighted by Gasteiger charge is 2.24. The first-order valence-corrected chi connectivity index (χ1v) is 10.1. The Kier molecular flexibility index (Phi) is 6.14. The second-order valence-corrected chi connectivity index (χ2v) is 8.07. The Morgan fingerprint density at radius 2 is 1.90 bits per heavy atom. The van der Waals surface area contributed by atoms with E-state index in [2.05, 4.69) is 10.1 Å². The molecule has 0 aliphatic heterocycles. The molecule has 10 heteroatoms. The summed E-state index contributed by atoms with van der Waals surface area (Å²) in [6.45, 7) is 2.29. The van der Waals surface area contributed by atoms with Crippen molar-refractivity contribution in [3.05, 3.63) is 54.2 Å². The predicted octanol–water partition coefficient (Wildman–Crippen LogP) is 3.10. The van der Waals surface area contributed by atoms with E-state index in [4.69, 9.17) is 14.0 Å². The van der Waals surface area contributed by atoms with Gasteiger partial charge in [0.25, 0.3) is 0 Å². The summed E-state index contributed by atoms with van der Waals surface area (Å²) in [6, 6.07) is 10.6. The number of aromatic nitrogens is 2. The topological polar surface area (TPSA) is 94.8 Å². The zero-order valence-corrected chi connectivity index (χ0v) is 16.9. The Labute approximate surface area is 167 Å². The van der Waals surface area contributed by atoms with Gasteiger partial charge in [-0.3, -0.25) is 0 Å². The van der Waals surface area contributed by atoms with Crippen LogP contribution in [0.4, 0.5) is 4.39 Å². The number of sulfonamides is 1. The molecule has 1 heterocycles. The fourth-order valence-electron chi connectivity index (χ4n) is 2.57. The molecule has 0 saturated carbocycles. The molecule has 8 nitrogen and oxygen atoms in total. The Balaban J connectivity index is 1.75. The first-order valence-electron chi connectivity index (χ1n) is 8.71. The van der Waals surface area contributed by atoms with Crippen molar-refractivity contribution in [3.8, 4) is 22.9 Å². The van der Waals surface area contributed by atoms with Crippen molar-refractivity contribution in [2.45, 2.75) is 18.4 Å². The van der Waals surface area contributed by atoms with Crippen LogP contribution < -0.4 is 9.47 Å². The Morgan fingerprint density at radius 3 is 2.52 bits per heavy atom. The molecular weight excluding hydrogens is 401 g/mol. The summed E-state index contributed by atoms with van der Waals surface area (Å²) in [5.41, 5.74) is 0.700. The van der Waals surface area contributed by atoms with Gasteiger partial charge in [0.1, 0.15) is 5.75 Å². The van der Waals surface area contributed by atoms with Gasteiger partial charge >= 0.3 is 0 Å². The number of methoxy groups -OCH3 is 1. The van der Waals surface area contributed by atoms with Gasteiger partial charge in [0, 0.05) is 12.6 Å². The Hall–Kier alpha value is -2.98. The van der Waals surface area contributed by atoms with E-state index in [1.54, 1.807) is 24.3 Å². The summed E-state index contributed by atoms with van der Waals surface area (Å²) in [7, 11) is -1.31. The van der Waals surface area contributed by atoms with Crippen LogP contribution >= 0.6 is 0 Å². The first kappa shape index (κ1) is 20.7. The minimum absolute atomic E-state index is 0.0384. The van der Waals surface area contributed by atoms with E-state index in [0.29, 0.717) is 18.0 Å². The molecular formula is C19H20FN3O5S. The third kappa shape index (κ3) is 4.54. The van der Waals surface area contributed by atoms with E-state index in [-0.39, 0.29) is 23.1 Å². The molecule has 0 N–H and O–H groups in total. The van der Waals surface area contributed by atoms with E-state index >= 15 is 0 Å². The lowest BCUT2D eigenvalue weighted by atomic mass is 10.2. The molecule has 0 atom stereocenters. The highest BCUT2D eigenvalue weighted by molar-refractivity contribution is 7.89. The third-order valence-electron chi connectivity index (χ3n) is 4.08. The van der Waals surface area contributed by atoms with Gasteiger partial charge in [0.2, 0.25) is 21.7 Å². The smallest absolute Gasteiger partial charge is 0.243 e.